The van der Waals surface area contributed by atoms with Crippen molar-refractivity contribution < 1.29 is 4.39 Å². The lowest BCUT2D eigenvalue weighted by Crippen LogP contribution is -2.00. The molecule has 0 aliphatic carbocycles. The molecule has 0 spiro atoms. The van der Waals surface area contributed by atoms with E-state index in [1.54, 1.807) is 10.7 Å². The maximum Gasteiger partial charge on any atom is 0.212 e. The van der Waals surface area contributed by atoms with Crippen LogP contribution >= 0.6 is 0 Å². The average Bonchev–Trinajstić information content (AvgIpc) is 2.50. The number of hydrogen-bond acceptors (Lipinski definition) is 3. The van der Waals surface area contributed by atoms with E-state index in [0.29, 0.717) is 5.69 Å². The number of aryl methyl sites for hydroxylation is 1. The van der Waals surface area contributed by atoms with Gasteiger partial charge < -0.3 is 0 Å². The number of hydrogen-bond donors (Lipinski definition) is 0. The lowest BCUT2D eigenvalue weighted by molar-refractivity contribution is 0.582. The van der Waals surface area contributed by atoms with Gasteiger partial charge in [0.05, 0.1) is 23.3 Å². The monoisotopic (exact) mass is 192 g/mol. The highest BCUT2D eigenvalue weighted by Crippen LogP contribution is 2.10. The zero-order valence-corrected chi connectivity index (χ0v) is 7.90. The number of nitrogens with zero attached hydrogens (tertiary/aromatic N) is 4. The summed E-state index contributed by atoms with van der Waals surface area (Å²) in [7, 11) is 0. The van der Waals surface area contributed by atoms with Gasteiger partial charge in [0, 0.05) is 0 Å². The minimum atomic E-state index is -0.497. The van der Waals surface area contributed by atoms with Crippen LogP contribution in [0.25, 0.3) is 5.69 Å². The van der Waals surface area contributed by atoms with Crippen LogP contribution in [0, 0.1) is 19.8 Å². The molecule has 4 nitrogen and oxygen atoms in total. The topological polar surface area (TPSA) is 43.6 Å². The third-order valence-corrected chi connectivity index (χ3v) is 2.08. The molecule has 0 aliphatic heterocycles. The summed E-state index contributed by atoms with van der Waals surface area (Å²) in [5, 5.41) is 7.83. The third-order valence-electron chi connectivity index (χ3n) is 2.08. The fourth-order valence-electron chi connectivity index (χ4n) is 1.14. The van der Waals surface area contributed by atoms with Crippen LogP contribution in [-0.4, -0.2) is 20.0 Å². The van der Waals surface area contributed by atoms with Crippen molar-refractivity contribution in [1.82, 2.24) is 20.0 Å². The Labute approximate surface area is 80.4 Å². The van der Waals surface area contributed by atoms with Gasteiger partial charge in [-0.15, -0.1) is 5.10 Å². The van der Waals surface area contributed by atoms with Gasteiger partial charge in [-0.05, 0) is 26.0 Å². The van der Waals surface area contributed by atoms with Crippen LogP contribution in [0.15, 0.2) is 18.3 Å². The van der Waals surface area contributed by atoms with Crippen molar-refractivity contribution in [3.63, 3.8) is 0 Å². The normalized spacial score (nSPS) is 10.5. The van der Waals surface area contributed by atoms with Crippen molar-refractivity contribution in [2.75, 3.05) is 0 Å². The van der Waals surface area contributed by atoms with Crippen LogP contribution in [0.2, 0.25) is 0 Å². The maximum atomic E-state index is 12.6. The summed E-state index contributed by atoms with van der Waals surface area (Å²) in [6.45, 7) is 3.77. The Morgan fingerprint density at radius 1 is 1.29 bits per heavy atom. The molecule has 5 heteroatoms. The van der Waals surface area contributed by atoms with E-state index < -0.39 is 5.95 Å². The summed E-state index contributed by atoms with van der Waals surface area (Å²) in [5.41, 5.74) is 2.50. The highest BCUT2D eigenvalue weighted by molar-refractivity contribution is 5.29. The first-order valence-electron chi connectivity index (χ1n) is 4.19. The predicted molar refractivity (Wildman–Crippen MR) is 48.6 cm³/mol. The average molecular weight is 192 g/mol. The number of aromatic nitrogens is 4. The Kier molecular flexibility index (Phi) is 1.99. The van der Waals surface area contributed by atoms with E-state index in [-0.39, 0.29) is 0 Å². The first-order valence-corrected chi connectivity index (χ1v) is 4.19. The van der Waals surface area contributed by atoms with Gasteiger partial charge in [0.1, 0.15) is 0 Å². The van der Waals surface area contributed by atoms with Crippen molar-refractivity contribution >= 4 is 0 Å². The molecule has 2 aromatic heterocycles. The van der Waals surface area contributed by atoms with Gasteiger partial charge in [0.2, 0.25) is 5.95 Å². The Balaban J connectivity index is 2.49. The third kappa shape index (κ3) is 1.37. The molecular weight excluding hydrogens is 183 g/mol. The van der Waals surface area contributed by atoms with E-state index >= 15 is 0 Å². The Morgan fingerprint density at radius 2 is 2.07 bits per heavy atom. The van der Waals surface area contributed by atoms with E-state index in [9.17, 15) is 4.39 Å². The zero-order valence-electron chi connectivity index (χ0n) is 7.90. The summed E-state index contributed by atoms with van der Waals surface area (Å²) in [5.74, 6) is -0.497. The molecule has 14 heavy (non-hydrogen) atoms. The van der Waals surface area contributed by atoms with E-state index in [0.717, 1.165) is 11.4 Å². The van der Waals surface area contributed by atoms with Crippen LogP contribution in [0.5, 0.6) is 0 Å². The maximum absolute atomic E-state index is 12.6. The van der Waals surface area contributed by atoms with Gasteiger partial charge in [0.15, 0.2) is 0 Å². The van der Waals surface area contributed by atoms with E-state index in [1.807, 2.05) is 13.8 Å². The van der Waals surface area contributed by atoms with Crippen molar-refractivity contribution in [2.24, 2.45) is 0 Å². The molecule has 0 radical (unpaired) electrons. The lowest BCUT2D eigenvalue weighted by Gasteiger charge is -2.01. The molecule has 0 bridgehead atoms. The van der Waals surface area contributed by atoms with E-state index in [4.69, 9.17) is 0 Å². The van der Waals surface area contributed by atoms with Crippen molar-refractivity contribution in [3.8, 4) is 5.69 Å². The summed E-state index contributed by atoms with van der Waals surface area (Å²) < 4.78 is 14.2. The predicted octanol–water partition coefficient (Wildman–Crippen LogP) is 1.42. The highest BCUT2D eigenvalue weighted by Gasteiger charge is 2.06. The molecule has 0 saturated heterocycles. The first kappa shape index (κ1) is 8.80. The number of rotatable bonds is 1. The standard InChI is InChI=1S/C9H9FN4/c1-6-7(2)14(13-12-6)8-3-4-9(10)11-5-8/h3-5H,1-2H3. The molecular formula is C9H9FN4. The van der Waals surface area contributed by atoms with Crippen molar-refractivity contribution in [3.05, 3.63) is 35.7 Å². The number of halogens is 1. The fraction of sp³-hybridized carbons (Fsp3) is 0.222. The Hall–Kier alpha value is -1.78. The van der Waals surface area contributed by atoms with Gasteiger partial charge in [-0.3, -0.25) is 0 Å². The summed E-state index contributed by atoms with van der Waals surface area (Å²) >= 11 is 0. The molecule has 2 heterocycles. The summed E-state index contributed by atoms with van der Waals surface area (Å²) in [4.78, 5) is 3.55. The molecule has 0 fully saturated rings. The second kappa shape index (κ2) is 3.17. The molecule has 0 atom stereocenters. The molecule has 2 rings (SSSR count). The van der Waals surface area contributed by atoms with Crippen LogP contribution < -0.4 is 0 Å². The van der Waals surface area contributed by atoms with Crippen LogP contribution in [0.1, 0.15) is 11.4 Å². The minimum Gasteiger partial charge on any atom is -0.226 e. The van der Waals surface area contributed by atoms with Gasteiger partial charge in [-0.2, -0.15) is 4.39 Å². The summed E-state index contributed by atoms with van der Waals surface area (Å²) in [6, 6.07) is 2.91. The van der Waals surface area contributed by atoms with Crippen molar-refractivity contribution in [1.29, 1.82) is 0 Å². The molecule has 2 aromatic rings. The molecule has 0 amide bonds. The summed E-state index contributed by atoms with van der Waals surface area (Å²) in [6.07, 6.45) is 1.43. The smallest absolute Gasteiger partial charge is 0.212 e. The lowest BCUT2D eigenvalue weighted by atomic mass is 10.3. The minimum absolute atomic E-state index is 0.497. The quantitative estimate of drug-likeness (QED) is 0.642. The zero-order chi connectivity index (χ0) is 10.1. The SMILES string of the molecule is Cc1nnn(-c2ccc(F)nc2)c1C. The fourth-order valence-corrected chi connectivity index (χ4v) is 1.14. The largest absolute Gasteiger partial charge is 0.226 e. The van der Waals surface area contributed by atoms with Crippen LogP contribution in [-0.2, 0) is 0 Å². The van der Waals surface area contributed by atoms with E-state index in [1.165, 1.54) is 12.3 Å². The first-order chi connectivity index (χ1) is 6.68. The van der Waals surface area contributed by atoms with Gasteiger partial charge in [-0.25, -0.2) is 9.67 Å². The molecule has 0 N–H and O–H groups in total. The Bertz CT molecular complexity index is 446. The second-order valence-corrected chi connectivity index (χ2v) is 3.01. The molecule has 0 aromatic carbocycles. The highest BCUT2D eigenvalue weighted by atomic mass is 19.1. The van der Waals surface area contributed by atoms with Gasteiger partial charge >= 0.3 is 0 Å². The van der Waals surface area contributed by atoms with Gasteiger partial charge in [-0.1, -0.05) is 5.21 Å². The second-order valence-electron chi connectivity index (χ2n) is 3.01. The molecule has 0 saturated carbocycles. The van der Waals surface area contributed by atoms with E-state index in [2.05, 4.69) is 15.3 Å². The molecule has 0 unspecified atom stereocenters. The molecule has 0 aliphatic rings. The van der Waals surface area contributed by atoms with Crippen LogP contribution in [0.4, 0.5) is 4.39 Å². The van der Waals surface area contributed by atoms with Crippen molar-refractivity contribution in [2.45, 2.75) is 13.8 Å². The van der Waals surface area contributed by atoms with Gasteiger partial charge in [0.25, 0.3) is 0 Å². The Morgan fingerprint density at radius 3 is 2.57 bits per heavy atom. The van der Waals surface area contributed by atoms with Crippen LogP contribution in [0.3, 0.4) is 0 Å². The number of pyridine rings is 1. The molecule has 72 valence electrons.